The van der Waals surface area contributed by atoms with Gasteiger partial charge in [-0.2, -0.15) is 0 Å². The van der Waals surface area contributed by atoms with Crippen LogP contribution < -0.4 is 14.8 Å². The van der Waals surface area contributed by atoms with Crippen LogP contribution in [0.25, 0.3) is 5.69 Å². The van der Waals surface area contributed by atoms with Crippen molar-refractivity contribution in [2.24, 2.45) is 10.9 Å². The summed E-state index contributed by atoms with van der Waals surface area (Å²) in [5, 5.41) is 33.0. The van der Waals surface area contributed by atoms with E-state index in [-0.39, 0.29) is 11.3 Å². The first-order valence-corrected chi connectivity index (χ1v) is 15.0. The molecule has 1 fully saturated rings. The van der Waals surface area contributed by atoms with Crippen molar-refractivity contribution >= 4 is 29.2 Å². The predicted molar refractivity (Wildman–Crippen MR) is 166 cm³/mol. The molecule has 2 aliphatic rings. The van der Waals surface area contributed by atoms with Gasteiger partial charge in [-0.25, -0.2) is 4.79 Å². The number of fused-ring (bicyclic) bond motifs is 3. The minimum Gasteiger partial charge on any atom is -0.497 e. The van der Waals surface area contributed by atoms with E-state index in [1.807, 2.05) is 41.8 Å². The zero-order valence-corrected chi connectivity index (χ0v) is 25.5. The number of methoxy groups -OCH3 is 1. The molecule has 1 aliphatic carbocycles. The van der Waals surface area contributed by atoms with Crippen LogP contribution in [-0.4, -0.2) is 61.9 Å². The molecule has 1 aliphatic heterocycles. The Morgan fingerprint density at radius 1 is 1.04 bits per heavy atom. The van der Waals surface area contributed by atoms with E-state index in [4.69, 9.17) is 26.1 Å². The van der Waals surface area contributed by atoms with Gasteiger partial charge in [0.25, 0.3) is 5.91 Å². The number of aryl methyl sites for hydroxylation is 1. The van der Waals surface area contributed by atoms with Gasteiger partial charge in [0.05, 0.1) is 18.5 Å². The van der Waals surface area contributed by atoms with Crippen molar-refractivity contribution in [3.8, 4) is 17.2 Å². The zero-order chi connectivity index (χ0) is 31.7. The summed E-state index contributed by atoms with van der Waals surface area (Å²) < 4.78 is 13.1. The summed E-state index contributed by atoms with van der Waals surface area (Å²) in [7, 11) is 1.59. The maximum atomic E-state index is 13.7. The first-order chi connectivity index (χ1) is 21.7. The van der Waals surface area contributed by atoms with E-state index in [0.29, 0.717) is 41.0 Å². The molecule has 0 saturated heterocycles. The molecule has 1 amide bonds. The molecule has 4 aromatic rings. The molecule has 6 rings (SSSR count). The molecular formula is C33H32ClN5O6. The smallest absolute Gasteiger partial charge is 0.339 e. The van der Waals surface area contributed by atoms with Crippen LogP contribution in [0, 0.1) is 12.8 Å². The maximum absolute atomic E-state index is 13.7. The fourth-order valence-electron chi connectivity index (χ4n) is 5.96. The molecule has 1 unspecified atom stereocenters. The number of nitrogens with zero attached hydrogens (tertiary/aromatic N) is 4. The maximum Gasteiger partial charge on any atom is 0.339 e. The molecule has 0 radical (unpaired) electrons. The van der Waals surface area contributed by atoms with Crippen molar-refractivity contribution in [3.63, 3.8) is 0 Å². The number of carboxylic acids is 1. The third-order valence-corrected chi connectivity index (χ3v) is 8.65. The minimum absolute atomic E-state index is 0.252. The monoisotopic (exact) mass is 629 g/mol. The van der Waals surface area contributed by atoms with Crippen LogP contribution in [0.1, 0.15) is 65.0 Å². The summed E-state index contributed by atoms with van der Waals surface area (Å²) in [4.78, 5) is 30.7. The van der Waals surface area contributed by atoms with Crippen LogP contribution in [0.5, 0.6) is 11.5 Å². The van der Waals surface area contributed by atoms with Crippen molar-refractivity contribution in [3.05, 3.63) is 100 Å². The third-order valence-electron chi connectivity index (χ3n) is 8.39. The molecule has 11 nitrogen and oxygen atoms in total. The van der Waals surface area contributed by atoms with Crippen molar-refractivity contribution in [1.29, 1.82) is 0 Å². The van der Waals surface area contributed by atoms with Crippen LogP contribution in [0.15, 0.2) is 71.7 Å². The average Bonchev–Trinajstić information content (AvgIpc) is 3.70. The highest BCUT2D eigenvalue weighted by atomic mass is 35.5. The van der Waals surface area contributed by atoms with E-state index >= 15 is 0 Å². The summed E-state index contributed by atoms with van der Waals surface area (Å²) in [5.41, 5.74) is 1.12. The van der Waals surface area contributed by atoms with Gasteiger partial charge in [0.15, 0.2) is 17.6 Å². The first-order valence-electron chi connectivity index (χ1n) is 14.6. The number of aliphatic carboxylic acids is 1. The van der Waals surface area contributed by atoms with Crippen molar-refractivity contribution in [1.82, 2.24) is 20.1 Å². The largest absolute Gasteiger partial charge is 0.497 e. The van der Waals surface area contributed by atoms with Gasteiger partial charge in [-0.15, -0.1) is 10.2 Å². The van der Waals surface area contributed by atoms with Gasteiger partial charge >= 0.3 is 5.97 Å². The normalized spacial score (nSPS) is 17.3. The number of hydrogen-bond donors (Lipinski definition) is 3. The van der Waals surface area contributed by atoms with Gasteiger partial charge in [-0.05, 0) is 68.3 Å². The molecule has 0 bridgehead atoms. The van der Waals surface area contributed by atoms with E-state index in [9.17, 15) is 19.8 Å². The SMILES string of the molecule is COc1ccc2c(c1)C(c1ccc(Cl)cc1)=N[C@@H](NC(=O)c1cccc(OCC(O)(C(=O)O)C3CCCC3)c1)c1nnc(C)n1-2. The molecule has 45 heavy (non-hydrogen) atoms. The number of rotatable bonds is 9. The predicted octanol–water partition coefficient (Wildman–Crippen LogP) is 4.90. The summed E-state index contributed by atoms with van der Waals surface area (Å²) in [6.07, 6.45) is 2.04. The number of aliphatic hydroxyl groups is 1. The quantitative estimate of drug-likeness (QED) is 0.237. The molecular weight excluding hydrogens is 598 g/mol. The molecule has 2 atom stereocenters. The zero-order valence-electron chi connectivity index (χ0n) is 24.7. The molecule has 1 aromatic heterocycles. The van der Waals surface area contributed by atoms with Gasteiger partial charge in [0.1, 0.15) is 23.9 Å². The van der Waals surface area contributed by atoms with E-state index in [0.717, 1.165) is 29.7 Å². The molecule has 3 aromatic carbocycles. The number of aliphatic imine (C=N–C) groups is 1. The Morgan fingerprint density at radius 3 is 2.51 bits per heavy atom. The second kappa shape index (κ2) is 12.3. The number of carboxylic acid groups (broad SMARTS) is 1. The first kappa shape index (κ1) is 30.3. The van der Waals surface area contributed by atoms with Crippen LogP contribution >= 0.6 is 11.6 Å². The Balaban J connectivity index is 1.33. The fourth-order valence-corrected chi connectivity index (χ4v) is 6.08. The Hall–Kier alpha value is -4.74. The fraction of sp³-hybridized carbons (Fsp3) is 0.303. The lowest BCUT2D eigenvalue weighted by molar-refractivity contribution is -0.169. The van der Waals surface area contributed by atoms with Crippen LogP contribution in [-0.2, 0) is 4.79 Å². The lowest BCUT2D eigenvalue weighted by Gasteiger charge is -2.29. The van der Waals surface area contributed by atoms with Crippen LogP contribution in [0.4, 0.5) is 0 Å². The number of carbonyl (C=O) groups excluding carboxylic acids is 1. The second-order valence-electron chi connectivity index (χ2n) is 11.2. The number of ether oxygens (including phenoxy) is 2. The van der Waals surface area contributed by atoms with Gasteiger partial charge in [-0.1, -0.05) is 42.6 Å². The van der Waals surface area contributed by atoms with Gasteiger partial charge in [0.2, 0.25) is 0 Å². The van der Waals surface area contributed by atoms with Gasteiger partial charge in [0, 0.05) is 27.6 Å². The second-order valence-corrected chi connectivity index (χ2v) is 11.6. The Morgan fingerprint density at radius 2 is 1.80 bits per heavy atom. The summed E-state index contributed by atoms with van der Waals surface area (Å²) in [6, 6.07) is 19.2. The molecule has 12 heteroatoms. The van der Waals surface area contributed by atoms with E-state index in [2.05, 4.69) is 15.5 Å². The van der Waals surface area contributed by atoms with Crippen molar-refractivity contribution in [2.45, 2.75) is 44.4 Å². The van der Waals surface area contributed by atoms with Gasteiger partial charge < -0.3 is 25.0 Å². The number of nitrogens with one attached hydrogen (secondary N) is 1. The Kier molecular flexibility index (Phi) is 8.30. The average molecular weight is 630 g/mol. The summed E-state index contributed by atoms with van der Waals surface area (Å²) >= 11 is 6.19. The lowest BCUT2D eigenvalue weighted by Crippen LogP contribution is -2.50. The molecule has 2 heterocycles. The van der Waals surface area contributed by atoms with E-state index < -0.39 is 36.2 Å². The van der Waals surface area contributed by atoms with Crippen molar-refractivity contribution in [2.75, 3.05) is 13.7 Å². The standard InChI is InChI=1S/C33H32ClN5O6/c1-19-37-38-30-29(35-28(20-10-12-23(34)13-11-20)26-17-24(44-2)14-15-27(26)39(19)30)36-31(40)21-6-5-9-25(16-21)45-18-33(43,32(41)42)22-7-3-4-8-22/h5-6,9-17,22,29,43H,3-4,7-8,18H2,1-2H3,(H,36,40)(H,41,42)/t29-,33?/m0/s1. The number of amides is 1. The van der Waals surface area contributed by atoms with Crippen molar-refractivity contribution < 1.29 is 29.3 Å². The van der Waals surface area contributed by atoms with E-state index in [1.165, 1.54) is 6.07 Å². The lowest BCUT2D eigenvalue weighted by atomic mass is 9.87. The van der Waals surface area contributed by atoms with Crippen LogP contribution in [0.3, 0.4) is 0 Å². The minimum atomic E-state index is -2.01. The number of carbonyl (C=O) groups is 2. The number of aromatic nitrogens is 3. The number of hydrogen-bond acceptors (Lipinski definition) is 8. The Labute approximate surface area is 264 Å². The number of halogens is 1. The highest BCUT2D eigenvalue weighted by molar-refractivity contribution is 6.30. The Bertz CT molecular complexity index is 1780. The molecule has 3 N–H and O–H groups in total. The summed E-state index contributed by atoms with van der Waals surface area (Å²) in [6.45, 7) is 1.39. The number of benzene rings is 3. The highest BCUT2D eigenvalue weighted by Crippen LogP contribution is 2.36. The van der Waals surface area contributed by atoms with Crippen LogP contribution in [0.2, 0.25) is 5.02 Å². The topological polar surface area (TPSA) is 148 Å². The van der Waals surface area contributed by atoms with E-state index in [1.54, 1.807) is 37.4 Å². The molecule has 1 saturated carbocycles. The highest BCUT2D eigenvalue weighted by Gasteiger charge is 2.46. The van der Waals surface area contributed by atoms with Gasteiger partial charge in [-0.3, -0.25) is 14.4 Å². The third kappa shape index (κ3) is 5.88. The molecule has 232 valence electrons. The summed E-state index contributed by atoms with van der Waals surface area (Å²) in [5.74, 6) is -0.281. The molecule has 0 spiro atoms.